The first kappa shape index (κ1) is 17.2. The summed E-state index contributed by atoms with van der Waals surface area (Å²) in [5, 5.41) is -0.121. The van der Waals surface area contributed by atoms with Gasteiger partial charge in [-0.25, -0.2) is 13.4 Å². The molecular formula is C18H16BrN3O3S. The molecule has 0 aliphatic carbocycles. The van der Waals surface area contributed by atoms with Gasteiger partial charge in [0.05, 0.1) is 5.52 Å². The van der Waals surface area contributed by atoms with Crippen LogP contribution in [0.4, 0.5) is 5.69 Å². The highest BCUT2D eigenvalue weighted by atomic mass is 79.9. The van der Waals surface area contributed by atoms with E-state index >= 15 is 0 Å². The van der Waals surface area contributed by atoms with Crippen LogP contribution < -0.4 is 4.90 Å². The maximum Gasteiger partial charge on any atom is 0.279 e. The van der Waals surface area contributed by atoms with E-state index in [9.17, 15) is 13.2 Å². The molecule has 8 heteroatoms. The highest BCUT2D eigenvalue weighted by molar-refractivity contribution is 9.10. The molecule has 3 heterocycles. The number of amides is 1. The van der Waals surface area contributed by atoms with Gasteiger partial charge in [-0.1, -0.05) is 22.0 Å². The number of pyridine rings is 1. The van der Waals surface area contributed by atoms with Gasteiger partial charge in [-0.2, -0.15) is 0 Å². The molecule has 3 aromatic rings. The third kappa shape index (κ3) is 2.83. The first-order valence-corrected chi connectivity index (χ1v) is 10.8. The number of carbonyl (C=O) groups is 1. The number of fused-ring (bicyclic) bond motifs is 2. The van der Waals surface area contributed by atoms with Gasteiger partial charge in [0.15, 0.2) is 5.69 Å². The number of aryl methyl sites for hydroxylation is 1. The Kier molecular flexibility index (Phi) is 4.11. The van der Waals surface area contributed by atoms with E-state index in [1.54, 1.807) is 29.3 Å². The zero-order valence-corrected chi connectivity index (χ0v) is 16.4. The van der Waals surface area contributed by atoms with E-state index in [1.165, 1.54) is 4.40 Å². The van der Waals surface area contributed by atoms with Crippen molar-refractivity contribution in [1.29, 1.82) is 0 Å². The van der Waals surface area contributed by atoms with Crippen molar-refractivity contribution in [3.05, 3.63) is 58.3 Å². The van der Waals surface area contributed by atoms with Gasteiger partial charge in [0.25, 0.3) is 5.91 Å². The van der Waals surface area contributed by atoms with Crippen LogP contribution in [0.15, 0.2) is 52.2 Å². The minimum absolute atomic E-state index is 0.121. The Balaban J connectivity index is 1.86. The van der Waals surface area contributed by atoms with Gasteiger partial charge in [0.1, 0.15) is 0 Å². The van der Waals surface area contributed by atoms with Crippen molar-refractivity contribution >= 4 is 42.9 Å². The Bertz CT molecular complexity index is 1140. The molecule has 0 atom stereocenters. The maximum absolute atomic E-state index is 13.2. The molecule has 6 nitrogen and oxygen atoms in total. The lowest BCUT2D eigenvalue weighted by Crippen LogP contribution is -2.35. The van der Waals surface area contributed by atoms with Crippen LogP contribution in [0, 0.1) is 0 Å². The molecular weight excluding hydrogens is 418 g/mol. The van der Waals surface area contributed by atoms with E-state index in [0.29, 0.717) is 12.1 Å². The molecule has 0 spiro atoms. The van der Waals surface area contributed by atoms with E-state index in [-0.39, 0.29) is 16.8 Å². The molecule has 1 aliphatic rings. The number of hydrogen-bond donors (Lipinski definition) is 0. The topological polar surface area (TPSA) is 71.7 Å². The zero-order valence-electron chi connectivity index (χ0n) is 14.0. The summed E-state index contributed by atoms with van der Waals surface area (Å²) in [5.41, 5.74) is 2.58. The van der Waals surface area contributed by atoms with Crippen LogP contribution >= 0.6 is 15.9 Å². The van der Waals surface area contributed by atoms with Crippen molar-refractivity contribution in [2.24, 2.45) is 0 Å². The lowest BCUT2D eigenvalue weighted by atomic mass is 10.0. The van der Waals surface area contributed by atoms with Crippen molar-refractivity contribution < 1.29 is 13.2 Å². The highest BCUT2D eigenvalue weighted by Crippen LogP contribution is 2.31. The van der Waals surface area contributed by atoms with Crippen LogP contribution in [0.3, 0.4) is 0 Å². The fourth-order valence-electron chi connectivity index (χ4n) is 3.33. The Morgan fingerprint density at radius 1 is 1.23 bits per heavy atom. The summed E-state index contributed by atoms with van der Waals surface area (Å²) < 4.78 is 26.6. The van der Waals surface area contributed by atoms with Gasteiger partial charge < -0.3 is 4.90 Å². The van der Waals surface area contributed by atoms with E-state index in [4.69, 9.17) is 0 Å². The van der Waals surface area contributed by atoms with Gasteiger partial charge in [0.2, 0.25) is 15.0 Å². The Morgan fingerprint density at radius 3 is 2.81 bits per heavy atom. The van der Waals surface area contributed by atoms with Gasteiger partial charge in [0, 0.05) is 29.2 Å². The maximum atomic E-state index is 13.2. The minimum Gasteiger partial charge on any atom is -0.307 e. The summed E-state index contributed by atoms with van der Waals surface area (Å²) in [5.74, 6) is -0.285. The van der Waals surface area contributed by atoms with Crippen LogP contribution in [0.5, 0.6) is 0 Å². The number of imidazole rings is 1. The van der Waals surface area contributed by atoms with Crippen LogP contribution in [0.25, 0.3) is 5.52 Å². The fourth-order valence-corrected chi connectivity index (χ4v) is 4.52. The number of sulfone groups is 1. The van der Waals surface area contributed by atoms with E-state index in [2.05, 4.69) is 20.9 Å². The highest BCUT2D eigenvalue weighted by Gasteiger charge is 2.29. The quantitative estimate of drug-likeness (QED) is 0.622. The molecule has 0 saturated heterocycles. The molecule has 0 bridgehead atoms. The predicted octanol–water partition coefficient (Wildman–Crippen LogP) is 3.09. The summed E-state index contributed by atoms with van der Waals surface area (Å²) in [7, 11) is -3.56. The van der Waals surface area contributed by atoms with Crippen molar-refractivity contribution in [3.8, 4) is 0 Å². The number of anilines is 1. The monoisotopic (exact) mass is 433 g/mol. The second-order valence-corrected chi connectivity index (χ2v) is 9.13. The number of aromatic nitrogens is 2. The van der Waals surface area contributed by atoms with Crippen molar-refractivity contribution in [2.75, 3.05) is 17.7 Å². The van der Waals surface area contributed by atoms with Crippen molar-refractivity contribution in [3.63, 3.8) is 0 Å². The molecule has 26 heavy (non-hydrogen) atoms. The Labute approximate surface area is 159 Å². The number of benzene rings is 1. The SMILES string of the molecule is CS(=O)(=O)c1nc(C(=O)N2CCCc3cc(Br)ccc32)c2ccccn12. The first-order valence-electron chi connectivity index (χ1n) is 8.14. The molecule has 1 aromatic carbocycles. The summed E-state index contributed by atoms with van der Waals surface area (Å²) in [6, 6.07) is 11.0. The number of nitrogens with zero attached hydrogens (tertiary/aromatic N) is 3. The third-order valence-corrected chi connectivity index (χ3v) is 5.90. The summed E-state index contributed by atoms with van der Waals surface area (Å²) in [4.78, 5) is 19.1. The molecule has 2 aromatic heterocycles. The number of rotatable bonds is 2. The second-order valence-electron chi connectivity index (χ2n) is 6.30. The van der Waals surface area contributed by atoms with Crippen LogP contribution in [-0.2, 0) is 16.3 Å². The van der Waals surface area contributed by atoms with E-state index < -0.39 is 9.84 Å². The fraction of sp³-hybridized carbons (Fsp3) is 0.222. The van der Waals surface area contributed by atoms with Crippen molar-refractivity contribution in [1.82, 2.24) is 9.38 Å². The second kappa shape index (κ2) is 6.21. The lowest BCUT2D eigenvalue weighted by Gasteiger charge is -2.29. The number of carbonyl (C=O) groups excluding carboxylic acids is 1. The predicted molar refractivity (Wildman–Crippen MR) is 102 cm³/mol. The summed E-state index contributed by atoms with van der Waals surface area (Å²) >= 11 is 3.46. The standard InChI is InChI=1S/C18H16BrN3O3S/c1-26(24,25)18-20-16(15-6-2-3-9-22(15)18)17(23)21-10-4-5-12-11-13(19)7-8-14(12)21/h2-3,6-9,11H,4-5,10H2,1H3. The largest absolute Gasteiger partial charge is 0.307 e. The van der Waals surface area contributed by atoms with Gasteiger partial charge in [-0.05, 0) is 48.7 Å². The van der Waals surface area contributed by atoms with Crippen molar-refractivity contribution in [2.45, 2.75) is 18.0 Å². The molecule has 4 rings (SSSR count). The number of halogens is 1. The summed E-state index contributed by atoms with van der Waals surface area (Å²) in [6.45, 7) is 0.577. The van der Waals surface area contributed by atoms with Gasteiger partial charge >= 0.3 is 0 Å². The minimum atomic E-state index is -3.56. The van der Waals surface area contributed by atoms with Crippen LogP contribution in [-0.4, -0.2) is 36.5 Å². The first-order chi connectivity index (χ1) is 12.4. The molecule has 0 unspecified atom stereocenters. The third-order valence-electron chi connectivity index (χ3n) is 4.46. The number of hydrogen-bond acceptors (Lipinski definition) is 4. The average molecular weight is 434 g/mol. The lowest BCUT2D eigenvalue weighted by molar-refractivity contribution is 0.0982. The van der Waals surface area contributed by atoms with E-state index in [1.807, 2.05) is 18.2 Å². The molecule has 1 aliphatic heterocycles. The summed E-state index contributed by atoms with van der Waals surface area (Å²) in [6.07, 6.45) is 4.45. The van der Waals surface area contributed by atoms with Crippen LogP contribution in [0.2, 0.25) is 0 Å². The molecule has 0 radical (unpaired) electrons. The Hall–Kier alpha value is -2.19. The zero-order chi connectivity index (χ0) is 18.5. The average Bonchev–Trinajstić information content (AvgIpc) is 3.00. The molecule has 0 saturated carbocycles. The van der Waals surface area contributed by atoms with E-state index in [0.717, 1.165) is 34.8 Å². The smallest absolute Gasteiger partial charge is 0.279 e. The molecule has 0 N–H and O–H groups in total. The molecule has 1 amide bonds. The molecule has 0 fully saturated rings. The molecule has 134 valence electrons. The Morgan fingerprint density at radius 2 is 2.04 bits per heavy atom. The normalized spacial score (nSPS) is 14.5. The van der Waals surface area contributed by atoms with Gasteiger partial charge in [-0.15, -0.1) is 0 Å². The van der Waals surface area contributed by atoms with Crippen LogP contribution in [0.1, 0.15) is 22.5 Å². The van der Waals surface area contributed by atoms with Gasteiger partial charge in [-0.3, -0.25) is 9.20 Å².